The van der Waals surface area contributed by atoms with Crippen LogP contribution in [0.3, 0.4) is 0 Å². The monoisotopic (exact) mass is 279 g/mol. The number of urea groups is 1. The number of rotatable bonds is 5. The van der Waals surface area contributed by atoms with Gasteiger partial charge in [0.15, 0.2) is 5.82 Å². The van der Waals surface area contributed by atoms with Crippen molar-refractivity contribution in [2.24, 2.45) is 0 Å². The minimum atomic E-state index is -0.460. The van der Waals surface area contributed by atoms with E-state index in [-0.39, 0.29) is 6.61 Å². The van der Waals surface area contributed by atoms with Crippen LogP contribution in [0.2, 0.25) is 0 Å². The number of nitrogens with one attached hydrogen (secondary N) is 4. The summed E-state index contributed by atoms with van der Waals surface area (Å²) in [6.45, 7) is 1.55. The lowest BCUT2D eigenvalue weighted by Gasteiger charge is -2.15. The van der Waals surface area contributed by atoms with E-state index in [0.717, 1.165) is 5.69 Å². The molecule has 20 heavy (non-hydrogen) atoms. The van der Waals surface area contributed by atoms with Gasteiger partial charge in [0.2, 0.25) is 0 Å². The number of amides is 2. The van der Waals surface area contributed by atoms with Crippen LogP contribution < -0.4 is 16.4 Å². The lowest BCUT2D eigenvalue weighted by Crippen LogP contribution is -2.41. The fourth-order valence-corrected chi connectivity index (χ4v) is 1.69. The van der Waals surface area contributed by atoms with Crippen molar-refractivity contribution in [1.82, 2.24) is 25.5 Å². The molecule has 2 rings (SSSR count). The average Bonchev–Trinajstić information content (AvgIpc) is 3.03. The molecule has 2 heterocycles. The van der Waals surface area contributed by atoms with E-state index < -0.39 is 12.1 Å². The molecule has 9 heteroatoms. The van der Waals surface area contributed by atoms with Gasteiger partial charge in [-0.25, -0.2) is 9.78 Å². The first-order valence-corrected chi connectivity index (χ1v) is 6.06. The Balaban J connectivity index is 1.90. The van der Waals surface area contributed by atoms with Gasteiger partial charge in [-0.05, 0) is 6.92 Å². The summed E-state index contributed by atoms with van der Waals surface area (Å²) in [5.41, 5.74) is 7.08. The highest BCUT2D eigenvalue weighted by Gasteiger charge is 2.15. The molecular weight excluding hydrogens is 262 g/mol. The number of hydrogen-bond donors (Lipinski definition) is 6. The summed E-state index contributed by atoms with van der Waals surface area (Å²) < 4.78 is 0. The molecule has 1 atom stereocenters. The van der Waals surface area contributed by atoms with Crippen LogP contribution in [0.15, 0.2) is 12.5 Å². The van der Waals surface area contributed by atoms with Gasteiger partial charge < -0.3 is 21.1 Å². The van der Waals surface area contributed by atoms with Crippen LogP contribution in [-0.2, 0) is 6.42 Å². The Hall–Kier alpha value is -2.55. The molecule has 108 valence electrons. The Kier molecular flexibility index (Phi) is 4.20. The molecule has 1 unspecified atom stereocenters. The number of aliphatic hydroxyl groups is 1. The van der Waals surface area contributed by atoms with E-state index in [0.29, 0.717) is 23.6 Å². The first-order chi connectivity index (χ1) is 9.60. The molecule has 0 fully saturated rings. The molecule has 2 amide bonds. The van der Waals surface area contributed by atoms with Gasteiger partial charge >= 0.3 is 6.03 Å². The molecular formula is C11H17N7O2. The number of anilines is 2. The van der Waals surface area contributed by atoms with Crippen molar-refractivity contribution in [1.29, 1.82) is 0 Å². The fourth-order valence-electron chi connectivity index (χ4n) is 1.69. The molecule has 2 aromatic heterocycles. The summed E-state index contributed by atoms with van der Waals surface area (Å²) in [6, 6.07) is -0.884. The Morgan fingerprint density at radius 1 is 1.60 bits per heavy atom. The van der Waals surface area contributed by atoms with E-state index in [2.05, 4.69) is 30.8 Å². The van der Waals surface area contributed by atoms with Gasteiger partial charge in [0.1, 0.15) is 5.82 Å². The average molecular weight is 279 g/mol. The Bertz CT molecular complexity index is 563. The molecule has 9 nitrogen and oxygen atoms in total. The zero-order valence-corrected chi connectivity index (χ0v) is 11.0. The van der Waals surface area contributed by atoms with Gasteiger partial charge in [-0.15, -0.1) is 0 Å². The molecule has 0 saturated heterocycles. The predicted molar refractivity (Wildman–Crippen MR) is 73.1 cm³/mol. The first kappa shape index (κ1) is 13.9. The fraction of sp³-hybridized carbons (Fsp3) is 0.364. The maximum atomic E-state index is 11.8. The molecule has 2 aromatic rings. The highest BCUT2D eigenvalue weighted by molar-refractivity contribution is 5.89. The van der Waals surface area contributed by atoms with E-state index in [9.17, 15) is 9.90 Å². The minimum Gasteiger partial charge on any atom is -0.394 e. The number of nitrogens with two attached hydrogens (primary N) is 1. The van der Waals surface area contributed by atoms with Crippen LogP contribution in [0.4, 0.5) is 16.4 Å². The van der Waals surface area contributed by atoms with E-state index in [1.165, 1.54) is 0 Å². The normalized spacial score (nSPS) is 12.1. The van der Waals surface area contributed by atoms with E-state index in [1.54, 1.807) is 19.4 Å². The largest absolute Gasteiger partial charge is 0.394 e. The Labute approximate surface area is 115 Å². The summed E-state index contributed by atoms with van der Waals surface area (Å²) in [5, 5.41) is 20.9. The van der Waals surface area contributed by atoms with E-state index >= 15 is 0 Å². The predicted octanol–water partition coefficient (Wildman–Crippen LogP) is -0.251. The third-order valence-corrected chi connectivity index (χ3v) is 2.86. The summed E-state index contributed by atoms with van der Waals surface area (Å²) in [5.74, 6) is 0.759. The minimum absolute atomic E-state index is 0.186. The van der Waals surface area contributed by atoms with Crippen LogP contribution in [0.5, 0.6) is 0 Å². The number of hydrogen-bond acceptors (Lipinski definition) is 5. The second-order valence-corrected chi connectivity index (χ2v) is 4.37. The number of nitrogen functional groups attached to an aromatic ring is 1. The second-order valence-electron chi connectivity index (χ2n) is 4.37. The van der Waals surface area contributed by atoms with Crippen LogP contribution in [0, 0.1) is 6.92 Å². The SMILES string of the molecule is Cc1c(NC(=O)NC(CO)Cc2cnc[nH]2)n[nH]c1N. The van der Waals surface area contributed by atoms with Gasteiger partial charge in [0, 0.05) is 23.9 Å². The summed E-state index contributed by atoms with van der Waals surface area (Å²) in [4.78, 5) is 18.6. The van der Waals surface area contributed by atoms with Crippen LogP contribution in [0.1, 0.15) is 11.3 Å². The van der Waals surface area contributed by atoms with Crippen molar-refractivity contribution >= 4 is 17.7 Å². The molecule has 7 N–H and O–H groups in total. The molecule has 0 aromatic carbocycles. The van der Waals surface area contributed by atoms with E-state index in [4.69, 9.17) is 5.73 Å². The van der Waals surface area contributed by atoms with Crippen molar-refractivity contribution in [3.63, 3.8) is 0 Å². The number of imidazole rings is 1. The summed E-state index contributed by atoms with van der Waals surface area (Å²) >= 11 is 0. The second kappa shape index (κ2) is 6.06. The molecule has 0 aliphatic rings. The van der Waals surface area contributed by atoms with Gasteiger partial charge in [-0.3, -0.25) is 10.4 Å². The number of carbonyl (C=O) groups excluding carboxylic acids is 1. The topological polar surface area (TPSA) is 145 Å². The number of carbonyl (C=O) groups is 1. The molecule has 0 radical (unpaired) electrons. The summed E-state index contributed by atoms with van der Waals surface area (Å²) in [7, 11) is 0. The van der Waals surface area contributed by atoms with Gasteiger partial charge in [-0.1, -0.05) is 0 Å². The standard InChI is InChI=1S/C11H17N7O2/c1-6-9(12)17-18-10(6)16-11(20)15-8(4-19)2-7-3-13-5-14-7/h3,5,8,19H,2,4H2,1H3,(H,13,14)(H5,12,15,16,17,18,20). The van der Waals surface area contributed by atoms with Crippen molar-refractivity contribution in [3.8, 4) is 0 Å². The first-order valence-electron chi connectivity index (χ1n) is 6.06. The van der Waals surface area contributed by atoms with E-state index in [1.807, 2.05) is 0 Å². The highest BCUT2D eigenvalue weighted by atomic mass is 16.3. The number of aromatic amines is 2. The molecule has 0 saturated carbocycles. The zero-order chi connectivity index (χ0) is 14.5. The van der Waals surface area contributed by atoms with Crippen LogP contribution in [-0.4, -0.2) is 44.0 Å². The number of H-pyrrole nitrogens is 2. The van der Waals surface area contributed by atoms with Gasteiger partial charge in [0.25, 0.3) is 0 Å². The Morgan fingerprint density at radius 2 is 2.40 bits per heavy atom. The van der Waals surface area contributed by atoms with Crippen molar-refractivity contribution in [2.75, 3.05) is 17.7 Å². The highest BCUT2D eigenvalue weighted by Crippen LogP contribution is 2.15. The molecule has 0 aliphatic carbocycles. The number of nitrogens with zero attached hydrogens (tertiary/aromatic N) is 2. The molecule has 0 bridgehead atoms. The molecule has 0 spiro atoms. The third kappa shape index (κ3) is 3.26. The maximum Gasteiger partial charge on any atom is 0.320 e. The number of aliphatic hydroxyl groups excluding tert-OH is 1. The van der Waals surface area contributed by atoms with Gasteiger partial charge in [-0.2, -0.15) is 5.10 Å². The van der Waals surface area contributed by atoms with Crippen molar-refractivity contribution in [3.05, 3.63) is 23.8 Å². The Morgan fingerprint density at radius 3 is 2.95 bits per heavy atom. The van der Waals surface area contributed by atoms with Gasteiger partial charge in [0.05, 0.1) is 19.0 Å². The lowest BCUT2D eigenvalue weighted by atomic mass is 10.2. The smallest absolute Gasteiger partial charge is 0.320 e. The zero-order valence-electron chi connectivity index (χ0n) is 11.0. The quantitative estimate of drug-likeness (QED) is 0.447. The van der Waals surface area contributed by atoms with Crippen molar-refractivity contribution in [2.45, 2.75) is 19.4 Å². The lowest BCUT2D eigenvalue weighted by molar-refractivity contribution is 0.223. The van der Waals surface area contributed by atoms with Crippen molar-refractivity contribution < 1.29 is 9.90 Å². The number of aromatic nitrogens is 4. The van der Waals surface area contributed by atoms with Crippen LogP contribution in [0.25, 0.3) is 0 Å². The third-order valence-electron chi connectivity index (χ3n) is 2.86. The summed E-state index contributed by atoms with van der Waals surface area (Å²) in [6.07, 6.45) is 3.63. The van der Waals surface area contributed by atoms with Crippen LogP contribution >= 0.6 is 0 Å². The molecule has 0 aliphatic heterocycles. The maximum absolute atomic E-state index is 11.8.